The Morgan fingerprint density at radius 1 is 1.27 bits per heavy atom. The van der Waals surface area contributed by atoms with E-state index >= 15 is 0 Å². The highest BCUT2D eigenvalue weighted by Crippen LogP contribution is 2.37. The lowest BCUT2D eigenvalue weighted by molar-refractivity contribution is -0.183. The number of nitrogens with zero attached hydrogens (tertiary/aromatic N) is 1. The Labute approximate surface area is 124 Å². The molecule has 120 valence electrons. The summed E-state index contributed by atoms with van der Waals surface area (Å²) in [5.74, 6) is -3.15. The fourth-order valence-corrected chi connectivity index (χ4v) is 2.54. The number of alkyl halides is 3. The van der Waals surface area contributed by atoms with Crippen molar-refractivity contribution in [3.63, 3.8) is 0 Å². The van der Waals surface area contributed by atoms with E-state index in [0.717, 1.165) is 6.20 Å². The van der Waals surface area contributed by atoms with Crippen molar-refractivity contribution in [2.75, 3.05) is 0 Å². The molecule has 1 saturated carbocycles. The summed E-state index contributed by atoms with van der Waals surface area (Å²) in [5.41, 5.74) is -0.0783. The number of carboxylic acids is 1. The fourth-order valence-electron chi connectivity index (χ4n) is 2.54. The fraction of sp³-hybridized carbons (Fsp3) is 0.500. The van der Waals surface area contributed by atoms with Crippen LogP contribution < -0.4 is 5.32 Å². The molecule has 0 saturated heterocycles. The van der Waals surface area contributed by atoms with Crippen LogP contribution in [-0.2, 0) is 0 Å². The number of carbonyl (C=O) groups is 2. The van der Waals surface area contributed by atoms with Gasteiger partial charge in [-0.1, -0.05) is 6.42 Å². The van der Waals surface area contributed by atoms with Gasteiger partial charge in [-0.15, -0.1) is 0 Å². The van der Waals surface area contributed by atoms with E-state index in [-0.39, 0.29) is 24.1 Å². The van der Waals surface area contributed by atoms with Crippen molar-refractivity contribution in [1.82, 2.24) is 10.3 Å². The second-order valence-electron chi connectivity index (χ2n) is 5.31. The van der Waals surface area contributed by atoms with Gasteiger partial charge in [0, 0.05) is 12.2 Å². The lowest BCUT2D eigenvalue weighted by atomic mass is 9.85. The lowest BCUT2D eigenvalue weighted by Crippen LogP contribution is -2.41. The molecule has 22 heavy (non-hydrogen) atoms. The molecule has 2 N–H and O–H groups in total. The molecule has 1 aliphatic rings. The van der Waals surface area contributed by atoms with E-state index in [0.29, 0.717) is 12.8 Å². The molecule has 0 aromatic carbocycles. The van der Waals surface area contributed by atoms with E-state index in [9.17, 15) is 22.8 Å². The van der Waals surface area contributed by atoms with Gasteiger partial charge in [-0.25, -0.2) is 9.78 Å². The maximum absolute atomic E-state index is 12.7. The topological polar surface area (TPSA) is 79.3 Å². The summed E-state index contributed by atoms with van der Waals surface area (Å²) in [6.07, 6.45) is -2.28. The Morgan fingerprint density at radius 3 is 2.55 bits per heavy atom. The molecule has 8 heteroatoms. The van der Waals surface area contributed by atoms with Gasteiger partial charge < -0.3 is 10.4 Å². The number of amides is 1. The Bertz CT molecular complexity index is 557. The quantitative estimate of drug-likeness (QED) is 0.898. The van der Waals surface area contributed by atoms with Crippen molar-refractivity contribution in [3.8, 4) is 0 Å². The monoisotopic (exact) mass is 316 g/mol. The van der Waals surface area contributed by atoms with E-state index < -0.39 is 30.0 Å². The average molecular weight is 316 g/mol. The van der Waals surface area contributed by atoms with Crippen LogP contribution in [0, 0.1) is 5.92 Å². The molecular formula is C14H15F3N2O3. The van der Waals surface area contributed by atoms with Gasteiger partial charge in [-0.05, 0) is 31.4 Å². The number of hydrogen-bond acceptors (Lipinski definition) is 3. The van der Waals surface area contributed by atoms with Crippen LogP contribution in [0.15, 0.2) is 18.3 Å². The molecule has 0 spiro atoms. The van der Waals surface area contributed by atoms with Crippen LogP contribution in [0.4, 0.5) is 13.2 Å². The second-order valence-corrected chi connectivity index (χ2v) is 5.31. The minimum absolute atomic E-state index is 0.0880. The first-order valence-electron chi connectivity index (χ1n) is 6.84. The normalized spacial score (nSPS) is 22.1. The third-order valence-corrected chi connectivity index (χ3v) is 3.72. The predicted octanol–water partition coefficient (Wildman–Crippen LogP) is 2.63. The molecule has 1 aliphatic carbocycles. The highest BCUT2D eigenvalue weighted by Gasteiger charge is 2.42. The molecule has 1 heterocycles. The van der Waals surface area contributed by atoms with E-state index in [1.165, 1.54) is 12.1 Å². The SMILES string of the molecule is O=C(N[C@@H]1CCC[C@H](C(F)(F)F)C1)c1ccc(C(=O)O)nc1. The van der Waals surface area contributed by atoms with Crippen LogP contribution >= 0.6 is 0 Å². The zero-order valence-corrected chi connectivity index (χ0v) is 11.6. The van der Waals surface area contributed by atoms with Crippen molar-refractivity contribution >= 4 is 11.9 Å². The van der Waals surface area contributed by atoms with Gasteiger partial charge in [-0.3, -0.25) is 4.79 Å². The van der Waals surface area contributed by atoms with Gasteiger partial charge in [0.25, 0.3) is 5.91 Å². The van der Waals surface area contributed by atoms with E-state index in [2.05, 4.69) is 10.3 Å². The number of hydrogen-bond donors (Lipinski definition) is 2. The van der Waals surface area contributed by atoms with E-state index in [1.54, 1.807) is 0 Å². The molecule has 2 atom stereocenters. The smallest absolute Gasteiger partial charge is 0.391 e. The molecule has 0 aliphatic heterocycles. The van der Waals surface area contributed by atoms with Crippen molar-refractivity contribution in [3.05, 3.63) is 29.6 Å². The molecular weight excluding hydrogens is 301 g/mol. The first kappa shape index (κ1) is 16.3. The summed E-state index contributed by atoms with van der Waals surface area (Å²) < 4.78 is 38.2. The summed E-state index contributed by atoms with van der Waals surface area (Å²) >= 11 is 0. The summed E-state index contributed by atoms with van der Waals surface area (Å²) in [6.45, 7) is 0. The minimum Gasteiger partial charge on any atom is -0.477 e. The number of aromatic carboxylic acids is 1. The predicted molar refractivity (Wildman–Crippen MR) is 70.5 cm³/mol. The van der Waals surface area contributed by atoms with Crippen LogP contribution in [0.2, 0.25) is 0 Å². The average Bonchev–Trinajstić information content (AvgIpc) is 2.46. The number of aromatic nitrogens is 1. The summed E-state index contributed by atoms with van der Waals surface area (Å²) in [6, 6.07) is 1.93. The van der Waals surface area contributed by atoms with Gasteiger partial charge in [-0.2, -0.15) is 13.2 Å². The molecule has 0 radical (unpaired) electrons. The first-order valence-corrected chi connectivity index (χ1v) is 6.84. The van der Waals surface area contributed by atoms with Crippen molar-refractivity contribution in [2.45, 2.75) is 37.9 Å². The lowest BCUT2D eigenvalue weighted by Gasteiger charge is -2.31. The zero-order chi connectivity index (χ0) is 16.3. The third kappa shape index (κ3) is 3.96. The highest BCUT2D eigenvalue weighted by molar-refractivity contribution is 5.95. The molecule has 1 fully saturated rings. The first-order chi connectivity index (χ1) is 10.3. The Kier molecular flexibility index (Phi) is 4.68. The van der Waals surface area contributed by atoms with Gasteiger partial charge >= 0.3 is 12.1 Å². The number of carboxylic acid groups (broad SMARTS) is 1. The summed E-state index contributed by atoms with van der Waals surface area (Å²) in [7, 11) is 0. The Balaban J connectivity index is 1.98. The number of rotatable bonds is 3. The Morgan fingerprint density at radius 2 is 2.00 bits per heavy atom. The van der Waals surface area contributed by atoms with Gasteiger partial charge in [0.2, 0.25) is 0 Å². The summed E-state index contributed by atoms with van der Waals surface area (Å²) in [4.78, 5) is 26.2. The van der Waals surface area contributed by atoms with Crippen LogP contribution in [0.1, 0.15) is 46.5 Å². The minimum atomic E-state index is -4.24. The molecule has 1 amide bonds. The van der Waals surface area contributed by atoms with E-state index in [4.69, 9.17) is 5.11 Å². The maximum atomic E-state index is 12.7. The van der Waals surface area contributed by atoms with Gasteiger partial charge in [0.1, 0.15) is 5.69 Å². The molecule has 1 aromatic heterocycles. The molecule has 1 aromatic rings. The number of carbonyl (C=O) groups excluding carboxylic acids is 1. The Hall–Kier alpha value is -2.12. The number of nitrogens with one attached hydrogen (secondary N) is 1. The zero-order valence-electron chi connectivity index (χ0n) is 11.6. The highest BCUT2D eigenvalue weighted by atomic mass is 19.4. The molecule has 2 rings (SSSR count). The van der Waals surface area contributed by atoms with Gasteiger partial charge in [0.15, 0.2) is 0 Å². The van der Waals surface area contributed by atoms with Crippen LogP contribution in [0.25, 0.3) is 0 Å². The molecule has 0 bridgehead atoms. The maximum Gasteiger partial charge on any atom is 0.391 e. The van der Waals surface area contributed by atoms with Crippen molar-refractivity contribution in [2.24, 2.45) is 5.92 Å². The third-order valence-electron chi connectivity index (χ3n) is 3.72. The van der Waals surface area contributed by atoms with Crippen molar-refractivity contribution < 1.29 is 27.9 Å². The molecule has 5 nitrogen and oxygen atoms in total. The van der Waals surface area contributed by atoms with Crippen LogP contribution in [-0.4, -0.2) is 34.2 Å². The summed E-state index contributed by atoms with van der Waals surface area (Å²) in [5, 5.41) is 11.3. The molecule has 0 unspecified atom stereocenters. The van der Waals surface area contributed by atoms with Gasteiger partial charge in [0.05, 0.1) is 11.5 Å². The van der Waals surface area contributed by atoms with E-state index in [1.807, 2.05) is 0 Å². The largest absolute Gasteiger partial charge is 0.477 e. The van der Waals surface area contributed by atoms with Crippen LogP contribution in [0.5, 0.6) is 0 Å². The second kappa shape index (κ2) is 6.33. The number of halogens is 3. The van der Waals surface area contributed by atoms with Crippen LogP contribution in [0.3, 0.4) is 0 Å². The van der Waals surface area contributed by atoms with Crippen molar-refractivity contribution in [1.29, 1.82) is 0 Å². The standard InChI is InChI=1S/C14H15F3N2O3/c15-14(16,17)9-2-1-3-10(6-9)19-12(20)8-4-5-11(13(21)22)18-7-8/h4-5,7,9-10H,1-3,6H2,(H,19,20)(H,21,22)/t9-,10+/m0/s1. The number of pyridine rings is 1.